The smallest absolute Gasteiger partial charge is 0.199 e. The van der Waals surface area contributed by atoms with Gasteiger partial charge >= 0.3 is 0 Å². The average Bonchev–Trinajstić information content (AvgIpc) is 3.07. The molecule has 0 spiro atoms. The van der Waals surface area contributed by atoms with Crippen molar-refractivity contribution in [3.63, 3.8) is 0 Å². The molecular weight excluding hydrogens is 252 g/mol. The quantitative estimate of drug-likeness (QED) is 0.791. The lowest BCUT2D eigenvalue weighted by atomic mass is 10.1. The number of nitrogens with one attached hydrogen (secondary N) is 1. The first-order valence-electron chi connectivity index (χ1n) is 6.82. The van der Waals surface area contributed by atoms with E-state index in [0.717, 1.165) is 29.5 Å². The van der Waals surface area contributed by atoms with Crippen LogP contribution in [0.3, 0.4) is 0 Å². The molecule has 0 atom stereocenters. The second-order valence-electron chi connectivity index (χ2n) is 4.98. The Morgan fingerprint density at radius 2 is 2.15 bits per heavy atom. The van der Waals surface area contributed by atoms with E-state index in [-0.39, 0.29) is 0 Å². The number of anilines is 1. The molecule has 6 nitrogen and oxygen atoms in total. The molecule has 0 saturated carbocycles. The Hall–Kier alpha value is -2.37. The normalized spacial score (nSPS) is 11.4. The molecule has 3 heterocycles. The number of hydrogen-bond acceptors (Lipinski definition) is 4. The fraction of sp³-hybridized carbons (Fsp3) is 0.357. The van der Waals surface area contributed by atoms with Gasteiger partial charge < -0.3 is 9.72 Å². The first-order valence-corrected chi connectivity index (χ1v) is 6.82. The zero-order valence-electron chi connectivity index (χ0n) is 11.9. The molecule has 1 N–H and O–H groups in total. The van der Waals surface area contributed by atoms with Crippen molar-refractivity contribution < 1.29 is 0 Å². The van der Waals surface area contributed by atoms with Gasteiger partial charge in [-0.1, -0.05) is 13.8 Å². The van der Waals surface area contributed by atoms with Crippen molar-refractivity contribution in [1.82, 2.24) is 24.1 Å². The molecule has 0 aliphatic rings. The summed E-state index contributed by atoms with van der Waals surface area (Å²) in [7, 11) is 0. The lowest BCUT2D eigenvalue weighted by molar-refractivity contribution is 0.757. The van der Waals surface area contributed by atoms with Crippen molar-refractivity contribution in [1.29, 1.82) is 0 Å². The van der Waals surface area contributed by atoms with E-state index in [2.05, 4.69) is 34.2 Å². The van der Waals surface area contributed by atoms with Gasteiger partial charge in [-0.2, -0.15) is 5.10 Å². The van der Waals surface area contributed by atoms with E-state index < -0.39 is 0 Å². The van der Waals surface area contributed by atoms with E-state index in [1.165, 1.54) is 0 Å². The maximum atomic E-state index is 4.61. The summed E-state index contributed by atoms with van der Waals surface area (Å²) >= 11 is 0. The summed E-state index contributed by atoms with van der Waals surface area (Å²) in [5.74, 6) is 1.94. The number of hydrogen-bond donors (Lipinski definition) is 1. The Labute approximate surface area is 117 Å². The molecule has 3 aromatic heterocycles. The Balaban J connectivity index is 2.14. The van der Waals surface area contributed by atoms with Gasteiger partial charge in [0.15, 0.2) is 11.5 Å². The molecule has 0 saturated heterocycles. The second-order valence-corrected chi connectivity index (χ2v) is 4.98. The van der Waals surface area contributed by atoms with Crippen LogP contribution in [0.1, 0.15) is 32.4 Å². The molecule has 3 aromatic rings. The molecule has 6 heteroatoms. The van der Waals surface area contributed by atoms with Gasteiger partial charge in [-0.3, -0.25) is 0 Å². The van der Waals surface area contributed by atoms with Gasteiger partial charge in [0.05, 0.1) is 11.9 Å². The van der Waals surface area contributed by atoms with Gasteiger partial charge in [-0.25, -0.2) is 14.6 Å². The minimum atomic E-state index is 0.393. The number of nitrogens with zero attached hydrogens (tertiary/aromatic N) is 5. The fourth-order valence-electron chi connectivity index (χ4n) is 2.10. The number of aromatic nitrogens is 5. The highest BCUT2D eigenvalue weighted by molar-refractivity contribution is 5.57. The lowest BCUT2D eigenvalue weighted by Gasteiger charge is -2.08. The largest absolute Gasteiger partial charge is 0.369 e. The molecular formula is C14H18N6. The third-order valence-electron chi connectivity index (χ3n) is 3.13. The number of imidazole rings is 1. The molecule has 0 aliphatic carbocycles. The summed E-state index contributed by atoms with van der Waals surface area (Å²) in [6.07, 6.45) is 7.54. The first kappa shape index (κ1) is 12.7. The Bertz CT molecular complexity index is 724. The summed E-state index contributed by atoms with van der Waals surface area (Å²) in [4.78, 5) is 8.97. The van der Waals surface area contributed by atoms with Crippen LogP contribution in [-0.2, 0) is 0 Å². The summed E-state index contributed by atoms with van der Waals surface area (Å²) < 4.78 is 3.75. The van der Waals surface area contributed by atoms with Crippen LogP contribution in [0.5, 0.6) is 0 Å². The van der Waals surface area contributed by atoms with Crippen LogP contribution >= 0.6 is 0 Å². The number of rotatable bonds is 4. The van der Waals surface area contributed by atoms with Crippen molar-refractivity contribution in [2.24, 2.45) is 0 Å². The molecule has 0 aromatic carbocycles. The van der Waals surface area contributed by atoms with E-state index >= 15 is 0 Å². The zero-order chi connectivity index (χ0) is 14.1. The molecule has 20 heavy (non-hydrogen) atoms. The fourth-order valence-corrected chi connectivity index (χ4v) is 2.10. The SMILES string of the molecule is CCNc1cn2ccnc2c(-n2ccc(C(C)C)n2)n1. The van der Waals surface area contributed by atoms with E-state index in [4.69, 9.17) is 0 Å². The molecule has 0 fully saturated rings. The highest BCUT2D eigenvalue weighted by Gasteiger charge is 2.12. The highest BCUT2D eigenvalue weighted by atomic mass is 15.3. The van der Waals surface area contributed by atoms with Gasteiger partial charge in [0.2, 0.25) is 0 Å². The van der Waals surface area contributed by atoms with Gasteiger partial charge in [0.25, 0.3) is 0 Å². The topological polar surface area (TPSA) is 60.0 Å². The molecule has 0 unspecified atom stereocenters. The van der Waals surface area contributed by atoms with Crippen LogP contribution in [0.15, 0.2) is 30.9 Å². The average molecular weight is 270 g/mol. The minimum Gasteiger partial charge on any atom is -0.369 e. The van der Waals surface area contributed by atoms with Crippen LogP contribution in [0.2, 0.25) is 0 Å². The third-order valence-corrected chi connectivity index (χ3v) is 3.13. The summed E-state index contributed by atoms with van der Waals surface area (Å²) in [5, 5.41) is 7.81. The minimum absolute atomic E-state index is 0.393. The van der Waals surface area contributed by atoms with Crippen molar-refractivity contribution in [3.05, 3.63) is 36.5 Å². The van der Waals surface area contributed by atoms with Gasteiger partial charge in [0.1, 0.15) is 5.82 Å². The summed E-state index contributed by atoms with van der Waals surface area (Å²) in [6, 6.07) is 2.02. The van der Waals surface area contributed by atoms with E-state index in [1.807, 2.05) is 36.0 Å². The molecule has 104 valence electrons. The predicted octanol–water partition coefficient (Wildman–Crippen LogP) is 2.47. The number of fused-ring (bicyclic) bond motifs is 1. The first-order chi connectivity index (χ1) is 9.69. The van der Waals surface area contributed by atoms with Crippen LogP contribution in [0, 0.1) is 0 Å². The standard InChI is InChI=1S/C14H18N6/c1-4-15-12-9-19-8-6-16-13(19)14(17-12)20-7-5-11(18-20)10(2)3/h5-10,15H,4H2,1-3H3. The van der Waals surface area contributed by atoms with Crippen molar-refractivity contribution >= 4 is 11.5 Å². The van der Waals surface area contributed by atoms with Gasteiger partial charge in [-0.15, -0.1) is 0 Å². The zero-order valence-corrected chi connectivity index (χ0v) is 11.9. The van der Waals surface area contributed by atoms with Gasteiger partial charge in [-0.05, 0) is 18.9 Å². The van der Waals surface area contributed by atoms with E-state index in [1.54, 1.807) is 10.9 Å². The van der Waals surface area contributed by atoms with Crippen molar-refractivity contribution in [3.8, 4) is 5.82 Å². The summed E-state index contributed by atoms with van der Waals surface area (Å²) in [6.45, 7) is 7.12. The summed E-state index contributed by atoms with van der Waals surface area (Å²) in [5.41, 5.74) is 1.84. The Morgan fingerprint density at radius 3 is 2.85 bits per heavy atom. The van der Waals surface area contributed by atoms with Gasteiger partial charge in [0, 0.05) is 25.1 Å². The molecule has 0 bridgehead atoms. The maximum Gasteiger partial charge on any atom is 0.199 e. The van der Waals surface area contributed by atoms with E-state index in [0.29, 0.717) is 5.92 Å². The lowest BCUT2D eigenvalue weighted by Crippen LogP contribution is -2.08. The monoisotopic (exact) mass is 270 g/mol. The second kappa shape index (κ2) is 4.96. The maximum absolute atomic E-state index is 4.61. The predicted molar refractivity (Wildman–Crippen MR) is 78.4 cm³/mol. The Kier molecular flexibility index (Phi) is 3.14. The Morgan fingerprint density at radius 1 is 1.30 bits per heavy atom. The third kappa shape index (κ3) is 2.13. The molecule has 3 rings (SSSR count). The molecule has 0 radical (unpaired) electrons. The van der Waals surface area contributed by atoms with E-state index in [9.17, 15) is 0 Å². The van der Waals surface area contributed by atoms with Crippen LogP contribution < -0.4 is 5.32 Å². The van der Waals surface area contributed by atoms with Crippen LogP contribution in [0.4, 0.5) is 5.82 Å². The van der Waals surface area contributed by atoms with Crippen molar-refractivity contribution in [2.45, 2.75) is 26.7 Å². The van der Waals surface area contributed by atoms with Crippen LogP contribution in [0.25, 0.3) is 11.5 Å². The van der Waals surface area contributed by atoms with Crippen LogP contribution in [-0.4, -0.2) is 30.7 Å². The molecule has 0 amide bonds. The van der Waals surface area contributed by atoms with Crippen molar-refractivity contribution in [2.75, 3.05) is 11.9 Å². The molecule has 0 aliphatic heterocycles. The highest BCUT2D eigenvalue weighted by Crippen LogP contribution is 2.18.